The molecule has 0 aromatic rings. The molecule has 0 aromatic heterocycles. The van der Waals surface area contributed by atoms with Crippen molar-refractivity contribution >= 4 is 26.8 Å². The van der Waals surface area contributed by atoms with E-state index in [1.165, 1.54) is 23.8 Å². The van der Waals surface area contributed by atoms with Crippen molar-refractivity contribution in [2.45, 2.75) is 6.92 Å². The first kappa shape index (κ1) is 11.8. The zero-order valence-electron chi connectivity index (χ0n) is 6.99. The lowest BCUT2D eigenvalue weighted by atomic mass is 10.4. The Bertz CT molecular complexity index is 178. The molecular weight excluding hydrogens is 192 g/mol. The first-order valence-corrected chi connectivity index (χ1v) is 6.28. The zero-order valence-corrected chi connectivity index (χ0v) is 8.62. The van der Waals surface area contributed by atoms with Gasteiger partial charge in [0.25, 0.3) is 0 Å². The van der Waals surface area contributed by atoms with Gasteiger partial charge >= 0.3 is 0 Å². The molecule has 0 aliphatic heterocycles. The lowest BCUT2D eigenvalue weighted by Gasteiger charge is -2.02. The van der Waals surface area contributed by atoms with E-state index in [-0.39, 0.29) is 5.78 Å². The van der Waals surface area contributed by atoms with Gasteiger partial charge in [-0.05, 0) is 19.1 Å². The molecule has 0 spiro atoms. The Balaban J connectivity index is 3.48. The second-order valence-corrected chi connectivity index (χ2v) is 5.39. The smallest absolute Gasteiger partial charge is 0.152 e. The van der Waals surface area contributed by atoms with E-state index in [0.717, 1.165) is 0 Å². The Morgan fingerprint density at radius 3 is 2.92 bits per heavy atom. The second-order valence-electron chi connectivity index (χ2n) is 2.06. The minimum Gasteiger partial charge on any atom is -0.605 e. The third-order valence-electron chi connectivity index (χ3n) is 0.902. The summed E-state index contributed by atoms with van der Waals surface area (Å²) in [6.45, 7) is 4.98. The van der Waals surface area contributed by atoms with E-state index in [1.54, 1.807) is 12.2 Å². The van der Waals surface area contributed by atoms with Crippen molar-refractivity contribution < 1.29 is 9.35 Å². The molecule has 1 unspecified atom stereocenters. The lowest BCUT2D eigenvalue weighted by Crippen LogP contribution is -1.99. The highest BCUT2D eigenvalue weighted by molar-refractivity contribution is 8.72. The topological polar surface area (TPSA) is 40.1 Å². The van der Waals surface area contributed by atoms with Gasteiger partial charge in [0.15, 0.2) is 5.78 Å². The summed E-state index contributed by atoms with van der Waals surface area (Å²) in [5.41, 5.74) is 0. The monoisotopic (exact) mass is 204 g/mol. The van der Waals surface area contributed by atoms with Gasteiger partial charge in [0.2, 0.25) is 0 Å². The SMILES string of the molecule is C=CCS[S+]([O-])CC=CC(C)=O. The molecule has 0 amide bonds. The second kappa shape index (κ2) is 7.46. The molecule has 0 aliphatic rings. The number of ketones is 1. The highest BCUT2D eigenvalue weighted by atomic mass is 33.1. The molecule has 0 fully saturated rings. The van der Waals surface area contributed by atoms with Gasteiger partial charge in [-0.15, -0.1) is 6.58 Å². The maximum atomic E-state index is 11.0. The van der Waals surface area contributed by atoms with E-state index < -0.39 is 10.2 Å². The third-order valence-corrected chi connectivity index (χ3v) is 3.61. The molecule has 12 heavy (non-hydrogen) atoms. The van der Waals surface area contributed by atoms with Gasteiger partial charge in [-0.1, -0.05) is 6.08 Å². The Kier molecular flexibility index (Phi) is 7.34. The van der Waals surface area contributed by atoms with Crippen LogP contribution in [0.25, 0.3) is 0 Å². The van der Waals surface area contributed by atoms with Crippen LogP contribution in [-0.2, 0) is 15.0 Å². The summed E-state index contributed by atoms with van der Waals surface area (Å²) in [6, 6.07) is 0. The first-order valence-electron chi connectivity index (χ1n) is 3.46. The molecule has 0 aromatic carbocycles. The summed E-state index contributed by atoms with van der Waals surface area (Å²) in [5.74, 6) is 1.10. The summed E-state index contributed by atoms with van der Waals surface area (Å²) in [6.07, 6.45) is 4.78. The molecule has 4 heteroatoms. The molecule has 1 atom stereocenters. The Morgan fingerprint density at radius 1 is 1.75 bits per heavy atom. The van der Waals surface area contributed by atoms with Crippen LogP contribution in [-0.4, -0.2) is 21.8 Å². The highest BCUT2D eigenvalue weighted by Crippen LogP contribution is 2.12. The summed E-state index contributed by atoms with van der Waals surface area (Å²) in [5, 5.41) is 0. The summed E-state index contributed by atoms with van der Waals surface area (Å²) in [4.78, 5) is 10.4. The lowest BCUT2D eigenvalue weighted by molar-refractivity contribution is -0.112. The maximum Gasteiger partial charge on any atom is 0.152 e. The van der Waals surface area contributed by atoms with Crippen LogP contribution in [0.15, 0.2) is 24.8 Å². The third kappa shape index (κ3) is 7.91. The standard InChI is InChI=1S/C8H12O2S2/c1-3-6-11-12(10)7-4-5-8(2)9/h3-5H,1,6-7H2,2H3. The van der Waals surface area contributed by atoms with E-state index in [4.69, 9.17) is 0 Å². The van der Waals surface area contributed by atoms with Crippen LogP contribution >= 0.6 is 10.8 Å². The van der Waals surface area contributed by atoms with Crippen molar-refractivity contribution in [3.05, 3.63) is 24.8 Å². The maximum absolute atomic E-state index is 11.0. The van der Waals surface area contributed by atoms with Crippen molar-refractivity contribution in [3.63, 3.8) is 0 Å². The van der Waals surface area contributed by atoms with Crippen LogP contribution < -0.4 is 0 Å². The quantitative estimate of drug-likeness (QED) is 0.286. The summed E-state index contributed by atoms with van der Waals surface area (Å²) < 4.78 is 11.0. The van der Waals surface area contributed by atoms with E-state index in [1.807, 2.05) is 0 Å². The van der Waals surface area contributed by atoms with Crippen LogP contribution in [0.2, 0.25) is 0 Å². The fourth-order valence-corrected chi connectivity index (χ4v) is 2.33. The fourth-order valence-electron chi connectivity index (χ4n) is 0.465. The van der Waals surface area contributed by atoms with Gasteiger partial charge in [-0.3, -0.25) is 4.79 Å². The normalized spacial score (nSPS) is 13.2. The molecule has 0 bridgehead atoms. The number of hydrogen-bond donors (Lipinski definition) is 0. The molecule has 0 heterocycles. The molecular formula is C8H12O2S2. The van der Waals surface area contributed by atoms with Crippen LogP contribution in [0.4, 0.5) is 0 Å². The predicted octanol–water partition coefficient (Wildman–Crippen LogP) is 1.71. The average molecular weight is 204 g/mol. The molecule has 0 saturated carbocycles. The minimum atomic E-state index is -0.930. The number of carbonyl (C=O) groups excluding carboxylic acids is 1. The van der Waals surface area contributed by atoms with Gasteiger partial charge in [0, 0.05) is 10.2 Å². The number of carbonyl (C=O) groups is 1. The molecule has 0 radical (unpaired) electrons. The Morgan fingerprint density at radius 2 is 2.42 bits per heavy atom. The number of hydrogen-bond acceptors (Lipinski definition) is 3. The predicted molar refractivity (Wildman–Crippen MR) is 55.5 cm³/mol. The first-order chi connectivity index (χ1) is 5.66. The van der Waals surface area contributed by atoms with Gasteiger partial charge in [0.05, 0.1) is 16.5 Å². The van der Waals surface area contributed by atoms with Crippen molar-refractivity contribution in [3.8, 4) is 0 Å². The van der Waals surface area contributed by atoms with Crippen molar-refractivity contribution in [1.82, 2.24) is 0 Å². The number of rotatable bonds is 6. The van der Waals surface area contributed by atoms with Crippen LogP contribution in [0.1, 0.15) is 6.92 Å². The minimum absolute atomic E-state index is 0.0132. The highest BCUT2D eigenvalue weighted by Gasteiger charge is 2.02. The van der Waals surface area contributed by atoms with Gasteiger partial charge in [0.1, 0.15) is 5.75 Å². The fraction of sp³-hybridized carbons (Fsp3) is 0.375. The molecule has 0 N–H and O–H groups in total. The molecule has 2 nitrogen and oxygen atoms in total. The van der Waals surface area contributed by atoms with E-state index >= 15 is 0 Å². The van der Waals surface area contributed by atoms with Gasteiger partial charge in [-0.25, -0.2) is 0 Å². The largest absolute Gasteiger partial charge is 0.605 e. The van der Waals surface area contributed by atoms with E-state index in [2.05, 4.69) is 6.58 Å². The summed E-state index contributed by atoms with van der Waals surface area (Å²) in [7, 11) is 0.390. The Labute approximate surface area is 79.7 Å². The van der Waals surface area contributed by atoms with Crippen molar-refractivity contribution in [2.75, 3.05) is 11.5 Å². The molecule has 0 rings (SSSR count). The van der Waals surface area contributed by atoms with Gasteiger partial charge in [-0.2, -0.15) is 0 Å². The Hall–Kier alpha value is -0.190. The molecule has 0 aliphatic carbocycles. The summed E-state index contributed by atoms with van der Waals surface area (Å²) >= 11 is 0. The van der Waals surface area contributed by atoms with Gasteiger partial charge < -0.3 is 4.55 Å². The van der Waals surface area contributed by atoms with E-state index in [9.17, 15) is 9.35 Å². The van der Waals surface area contributed by atoms with Crippen LogP contribution in [0.3, 0.4) is 0 Å². The van der Waals surface area contributed by atoms with Crippen LogP contribution in [0.5, 0.6) is 0 Å². The average Bonchev–Trinajstić information content (AvgIpc) is 2.00. The molecule has 68 valence electrons. The van der Waals surface area contributed by atoms with Crippen molar-refractivity contribution in [2.24, 2.45) is 0 Å². The number of allylic oxidation sites excluding steroid dienone is 1. The zero-order chi connectivity index (χ0) is 9.40. The van der Waals surface area contributed by atoms with E-state index in [0.29, 0.717) is 11.5 Å². The van der Waals surface area contributed by atoms with Crippen molar-refractivity contribution in [1.29, 1.82) is 0 Å². The van der Waals surface area contributed by atoms with Crippen LogP contribution in [0, 0.1) is 0 Å². The molecule has 0 saturated heterocycles.